The number of nitrogens with one attached hydrogen (secondary N) is 2. The molecule has 0 fully saturated rings. The van der Waals surface area contributed by atoms with E-state index in [1.54, 1.807) is 30.3 Å². The van der Waals surface area contributed by atoms with Crippen LogP contribution in [0.4, 0.5) is 10.1 Å². The van der Waals surface area contributed by atoms with E-state index in [4.69, 9.17) is 0 Å². The molecule has 0 saturated heterocycles. The number of aromatic amines is 1. The molecule has 2 N–H and O–H groups in total. The molecule has 0 unspecified atom stereocenters. The Balaban J connectivity index is 1.47. The molecule has 31 heavy (non-hydrogen) atoms. The van der Waals surface area contributed by atoms with Gasteiger partial charge < -0.3 is 5.32 Å². The van der Waals surface area contributed by atoms with Crippen molar-refractivity contribution in [1.29, 1.82) is 0 Å². The fraction of sp³-hybridized carbons (Fsp3) is 0.182. The zero-order chi connectivity index (χ0) is 22.1. The van der Waals surface area contributed by atoms with Gasteiger partial charge in [-0.25, -0.2) is 13.8 Å². The van der Waals surface area contributed by atoms with Gasteiger partial charge in [-0.2, -0.15) is 5.10 Å². The van der Waals surface area contributed by atoms with Crippen molar-refractivity contribution < 1.29 is 9.18 Å². The predicted octanol–water partition coefficient (Wildman–Crippen LogP) is 2.66. The van der Waals surface area contributed by atoms with E-state index >= 15 is 0 Å². The number of aromatic nitrogens is 4. The molecule has 2 aromatic carbocycles. The minimum absolute atomic E-state index is 0.0168. The van der Waals surface area contributed by atoms with E-state index in [-0.39, 0.29) is 35.3 Å². The van der Waals surface area contributed by atoms with Gasteiger partial charge in [-0.3, -0.25) is 19.5 Å². The third-order valence-electron chi connectivity index (χ3n) is 4.92. The largest absolute Gasteiger partial charge is 0.326 e. The highest BCUT2D eigenvalue weighted by Crippen LogP contribution is 2.20. The topological polar surface area (TPSA) is 102 Å². The van der Waals surface area contributed by atoms with Crippen molar-refractivity contribution in [2.45, 2.75) is 26.8 Å². The second kappa shape index (κ2) is 8.02. The molecule has 4 aromatic rings. The smallest absolute Gasteiger partial charge is 0.273 e. The minimum Gasteiger partial charge on any atom is -0.326 e. The molecule has 8 nitrogen and oxygen atoms in total. The Morgan fingerprint density at radius 1 is 1.10 bits per heavy atom. The summed E-state index contributed by atoms with van der Waals surface area (Å²) in [5.41, 5.74) is 1.34. The predicted molar refractivity (Wildman–Crippen MR) is 115 cm³/mol. The van der Waals surface area contributed by atoms with Crippen molar-refractivity contribution >= 4 is 22.4 Å². The van der Waals surface area contributed by atoms with Crippen molar-refractivity contribution in [3.63, 3.8) is 0 Å². The van der Waals surface area contributed by atoms with E-state index < -0.39 is 17.3 Å². The van der Waals surface area contributed by atoms with E-state index in [0.29, 0.717) is 5.39 Å². The average Bonchev–Trinajstić information content (AvgIpc) is 3.07. The maximum absolute atomic E-state index is 14.6. The number of H-pyrrole nitrogens is 1. The summed E-state index contributed by atoms with van der Waals surface area (Å²) in [7, 11) is 0. The number of nitrogens with zero attached hydrogens (tertiary/aromatic N) is 3. The van der Waals surface area contributed by atoms with Gasteiger partial charge in [-0.1, -0.05) is 12.1 Å². The van der Waals surface area contributed by atoms with Gasteiger partial charge in [-0.15, -0.1) is 0 Å². The van der Waals surface area contributed by atoms with Crippen LogP contribution < -0.4 is 16.4 Å². The monoisotopic (exact) mass is 421 g/mol. The van der Waals surface area contributed by atoms with Crippen LogP contribution in [0, 0.1) is 19.7 Å². The Bertz CT molecular complexity index is 1420. The summed E-state index contributed by atoms with van der Waals surface area (Å²) in [5, 5.41) is 9.93. The lowest BCUT2D eigenvalue weighted by Gasteiger charge is -2.10. The van der Waals surface area contributed by atoms with Crippen LogP contribution in [0.2, 0.25) is 0 Å². The van der Waals surface area contributed by atoms with E-state index in [2.05, 4.69) is 15.5 Å². The molecule has 0 aliphatic heterocycles. The van der Waals surface area contributed by atoms with Crippen LogP contribution >= 0.6 is 0 Å². The van der Waals surface area contributed by atoms with E-state index in [1.807, 2.05) is 19.9 Å². The summed E-state index contributed by atoms with van der Waals surface area (Å²) in [5.74, 6) is -0.946. The second-order valence-corrected chi connectivity index (χ2v) is 7.25. The van der Waals surface area contributed by atoms with Crippen molar-refractivity contribution in [3.05, 3.63) is 86.4 Å². The number of anilines is 1. The molecule has 0 aliphatic rings. The Morgan fingerprint density at radius 2 is 1.84 bits per heavy atom. The van der Waals surface area contributed by atoms with Gasteiger partial charge in [0.1, 0.15) is 5.69 Å². The maximum Gasteiger partial charge on any atom is 0.273 e. The zero-order valence-electron chi connectivity index (χ0n) is 17.0. The van der Waals surface area contributed by atoms with Crippen LogP contribution in [0.3, 0.4) is 0 Å². The van der Waals surface area contributed by atoms with Crippen molar-refractivity contribution in [2.75, 3.05) is 5.32 Å². The summed E-state index contributed by atoms with van der Waals surface area (Å²) < 4.78 is 17.2. The number of hydrogen-bond donors (Lipinski definition) is 2. The minimum atomic E-state index is -0.529. The highest BCUT2D eigenvalue weighted by atomic mass is 19.1. The molecule has 0 spiro atoms. The van der Waals surface area contributed by atoms with E-state index in [1.165, 1.54) is 16.8 Å². The first-order valence-electron chi connectivity index (χ1n) is 9.68. The number of aryl methyl sites for hydroxylation is 3. The van der Waals surface area contributed by atoms with Gasteiger partial charge in [0, 0.05) is 17.8 Å². The molecule has 0 saturated carbocycles. The number of benzene rings is 2. The van der Waals surface area contributed by atoms with E-state index in [9.17, 15) is 18.8 Å². The quantitative estimate of drug-likeness (QED) is 0.517. The van der Waals surface area contributed by atoms with Gasteiger partial charge >= 0.3 is 0 Å². The number of amides is 1. The van der Waals surface area contributed by atoms with Gasteiger partial charge in [-0.05, 0) is 50.2 Å². The second-order valence-electron chi connectivity index (χ2n) is 7.25. The van der Waals surface area contributed by atoms with Crippen molar-refractivity contribution in [1.82, 2.24) is 19.6 Å². The molecule has 0 atom stereocenters. The first-order chi connectivity index (χ1) is 14.8. The standard InChI is InChI=1S/C22H20FN5O3/c1-13-11-14(2)28(25-13)19-8-7-15(12-18(19)23)24-20(29)9-10-27-22(31)17-6-4-3-5-16(17)21(30)26-27/h3-8,11-12H,9-10H2,1-2H3,(H,24,29)(H,26,30). The van der Waals surface area contributed by atoms with Gasteiger partial charge in [0.25, 0.3) is 11.1 Å². The van der Waals surface area contributed by atoms with Crippen LogP contribution in [0.15, 0.2) is 58.1 Å². The summed E-state index contributed by atoms with van der Waals surface area (Å²) >= 11 is 0. The Kier molecular flexibility index (Phi) is 5.24. The van der Waals surface area contributed by atoms with Crippen LogP contribution in [0.25, 0.3) is 16.5 Å². The number of carbonyl (C=O) groups is 1. The highest BCUT2D eigenvalue weighted by molar-refractivity contribution is 5.90. The molecule has 9 heteroatoms. The molecule has 4 rings (SSSR count). The number of hydrogen-bond acceptors (Lipinski definition) is 4. The third kappa shape index (κ3) is 4.02. The van der Waals surface area contributed by atoms with E-state index in [0.717, 1.165) is 16.1 Å². The lowest BCUT2D eigenvalue weighted by Crippen LogP contribution is -2.31. The number of fused-ring (bicyclic) bond motifs is 1. The first-order valence-corrected chi connectivity index (χ1v) is 9.68. The highest BCUT2D eigenvalue weighted by Gasteiger charge is 2.12. The summed E-state index contributed by atoms with van der Waals surface area (Å²) in [6, 6.07) is 12.7. The van der Waals surface area contributed by atoms with Crippen LogP contribution in [-0.2, 0) is 11.3 Å². The normalized spacial score (nSPS) is 11.1. The lowest BCUT2D eigenvalue weighted by atomic mass is 10.2. The molecular formula is C22H20FN5O3. The third-order valence-corrected chi connectivity index (χ3v) is 4.92. The van der Waals surface area contributed by atoms with Gasteiger partial charge in [0.2, 0.25) is 5.91 Å². The van der Waals surface area contributed by atoms with Gasteiger partial charge in [0.05, 0.1) is 23.0 Å². The van der Waals surface area contributed by atoms with Crippen LogP contribution in [0.5, 0.6) is 0 Å². The molecule has 2 heterocycles. The molecule has 0 bridgehead atoms. The molecule has 2 aromatic heterocycles. The summed E-state index contributed by atoms with van der Waals surface area (Å²) in [6.07, 6.45) is -0.0744. The number of carbonyl (C=O) groups excluding carboxylic acids is 1. The average molecular weight is 421 g/mol. The molecule has 0 aliphatic carbocycles. The van der Waals surface area contributed by atoms with Crippen LogP contribution in [0.1, 0.15) is 17.8 Å². The Hall–Kier alpha value is -4.01. The van der Waals surface area contributed by atoms with Crippen molar-refractivity contribution in [2.24, 2.45) is 0 Å². The molecule has 158 valence electrons. The summed E-state index contributed by atoms with van der Waals surface area (Å²) in [4.78, 5) is 36.9. The fourth-order valence-corrected chi connectivity index (χ4v) is 3.47. The fourth-order valence-electron chi connectivity index (χ4n) is 3.47. The first kappa shape index (κ1) is 20.3. The van der Waals surface area contributed by atoms with Crippen LogP contribution in [-0.4, -0.2) is 25.5 Å². The number of rotatable bonds is 5. The maximum atomic E-state index is 14.6. The SMILES string of the molecule is Cc1cc(C)n(-c2ccc(NC(=O)CCn3[nH]c(=O)c4ccccc4c3=O)cc2F)n1. The Labute approximate surface area is 175 Å². The molecule has 1 amide bonds. The summed E-state index contributed by atoms with van der Waals surface area (Å²) in [6.45, 7) is 3.63. The lowest BCUT2D eigenvalue weighted by molar-refractivity contribution is -0.116. The van der Waals surface area contributed by atoms with Gasteiger partial charge in [0.15, 0.2) is 5.82 Å². The number of halogens is 1. The molecular weight excluding hydrogens is 401 g/mol. The van der Waals surface area contributed by atoms with Crippen molar-refractivity contribution in [3.8, 4) is 5.69 Å². The molecule has 0 radical (unpaired) electrons. The zero-order valence-corrected chi connectivity index (χ0v) is 17.0. The Morgan fingerprint density at radius 3 is 2.52 bits per heavy atom.